The Bertz CT molecular complexity index is 1230. The van der Waals surface area contributed by atoms with Crippen molar-refractivity contribution >= 4 is 17.5 Å². The molecule has 0 aliphatic carbocycles. The van der Waals surface area contributed by atoms with E-state index in [1.54, 1.807) is 37.5 Å². The molecular weight excluding hydrogens is 474 g/mol. The van der Waals surface area contributed by atoms with Gasteiger partial charge < -0.3 is 20.5 Å². The van der Waals surface area contributed by atoms with Gasteiger partial charge >= 0.3 is 0 Å². The minimum atomic E-state index is -0.691. The number of nitrogens with zero attached hydrogens (tertiary/aromatic N) is 1. The van der Waals surface area contributed by atoms with E-state index in [1.165, 1.54) is 0 Å². The molecule has 1 unspecified atom stereocenters. The number of amides is 1. The topological polar surface area (TPSA) is 83.5 Å². The Hall–Kier alpha value is -2.93. The summed E-state index contributed by atoms with van der Waals surface area (Å²) in [6.07, 6.45) is 4.39. The summed E-state index contributed by atoms with van der Waals surface area (Å²) in [4.78, 5) is 17.1. The highest BCUT2D eigenvalue weighted by atomic mass is 35.5. The van der Waals surface area contributed by atoms with Crippen LogP contribution < -0.4 is 15.4 Å². The molecule has 2 aromatic carbocycles. The highest BCUT2D eigenvalue weighted by Crippen LogP contribution is 2.40. The molecule has 3 aromatic rings. The van der Waals surface area contributed by atoms with Crippen LogP contribution in [0.25, 0.3) is 11.1 Å². The summed E-state index contributed by atoms with van der Waals surface area (Å²) >= 11 is 6.58. The van der Waals surface area contributed by atoms with E-state index < -0.39 is 6.10 Å². The summed E-state index contributed by atoms with van der Waals surface area (Å²) in [6.45, 7) is 10.3. The number of hydrogen-bond donors (Lipinski definition) is 3. The number of benzene rings is 2. The first kappa shape index (κ1) is 26.1. The Kier molecular flexibility index (Phi) is 7.41. The first-order chi connectivity index (χ1) is 16.9. The van der Waals surface area contributed by atoms with Crippen LogP contribution in [0.5, 0.6) is 11.5 Å². The lowest BCUT2D eigenvalue weighted by molar-refractivity contribution is 0.0873. The largest absolute Gasteiger partial charge is 0.455 e. The van der Waals surface area contributed by atoms with Crippen molar-refractivity contribution in [3.8, 4) is 22.6 Å². The zero-order chi connectivity index (χ0) is 26.1. The average Bonchev–Trinajstić information content (AvgIpc) is 2.78. The van der Waals surface area contributed by atoms with Gasteiger partial charge in [-0.25, -0.2) is 0 Å². The molecule has 1 aromatic heterocycles. The number of rotatable bonds is 6. The highest BCUT2D eigenvalue weighted by Gasteiger charge is 2.38. The lowest BCUT2D eigenvalue weighted by atomic mass is 9.79. The van der Waals surface area contributed by atoms with Gasteiger partial charge in [-0.1, -0.05) is 23.7 Å². The summed E-state index contributed by atoms with van der Waals surface area (Å²) in [5.41, 5.74) is 2.72. The van der Waals surface area contributed by atoms with Gasteiger partial charge in [0.1, 0.15) is 11.5 Å². The molecule has 0 radical (unpaired) electrons. The molecule has 7 heteroatoms. The van der Waals surface area contributed by atoms with E-state index in [-0.39, 0.29) is 23.0 Å². The smallest absolute Gasteiger partial charge is 0.251 e. The van der Waals surface area contributed by atoms with Crippen molar-refractivity contribution < 1.29 is 14.6 Å². The van der Waals surface area contributed by atoms with E-state index in [9.17, 15) is 9.90 Å². The maximum atomic E-state index is 13.1. The third-order valence-corrected chi connectivity index (χ3v) is 6.71. The summed E-state index contributed by atoms with van der Waals surface area (Å²) in [5, 5.41) is 17.5. The van der Waals surface area contributed by atoms with Crippen molar-refractivity contribution in [2.45, 2.75) is 70.7 Å². The molecule has 36 heavy (non-hydrogen) atoms. The van der Waals surface area contributed by atoms with Gasteiger partial charge in [-0.05, 0) is 95.0 Å². The van der Waals surface area contributed by atoms with Gasteiger partial charge in [0.05, 0.1) is 11.1 Å². The molecule has 2 heterocycles. The predicted octanol–water partition coefficient (Wildman–Crippen LogP) is 6.29. The lowest BCUT2D eigenvalue weighted by Crippen LogP contribution is -2.62. The Balaban J connectivity index is 1.57. The van der Waals surface area contributed by atoms with Gasteiger partial charge in [-0.15, -0.1) is 0 Å². The minimum absolute atomic E-state index is 0.0598. The Labute approximate surface area is 218 Å². The van der Waals surface area contributed by atoms with Crippen molar-refractivity contribution in [3.05, 3.63) is 77.1 Å². The van der Waals surface area contributed by atoms with Crippen LogP contribution in [0.3, 0.4) is 0 Å². The SMILES string of the molecule is CC(O)c1cccc(Oc2ccc(C(=O)NC3CC(C)(C)NC(C)(C)C3)cc2Cl)c1-c1ccncc1. The second-order valence-electron chi connectivity index (χ2n) is 10.9. The van der Waals surface area contributed by atoms with E-state index in [0.29, 0.717) is 22.1 Å². The van der Waals surface area contributed by atoms with E-state index in [2.05, 4.69) is 43.3 Å². The van der Waals surface area contributed by atoms with Gasteiger partial charge in [-0.2, -0.15) is 0 Å². The Morgan fingerprint density at radius 3 is 2.36 bits per heavy atom. The Morgan fingerprint density at radius 1 is 1.08 bits per heavy atom. The number of nitrogens with one attached hydrogen (secondary N) is 2. The van der Waals surface area contributed by atoms with Crippen molar-refractivity contribution in [3.63, 3.8) is 0 Å². The molecule has 0 spiro atoms. The van der Waals surface area contributed by atoms with Crippen LogP contribution in [0.2, 0.25) is 5.02 Å². The number of aromatic nitrogens is 1. The molecule has 1 aliphatic rings. The highest BCUT2D eigenvalue weighted by molar-refractivity contribution is 6.32. The molecule has 3 N–H and O–H groups in total. The van der Waals surface area contributed by atoms with Crippen LogP contribution in [-0.4, -0.2) is 33.1 Å². The van der Waals surface area contributed by atoms with Gasteiger partial charge in [0.15, 0.2) is 0 Å². The quantitative estimate of drug-likeness (QED) is 0.365. The van der Waals surface area contributed by atoms with Gasteiger partial charge in [0, 0.05) is 40.6 Å². The van der Waals surface area contributed by atoms with Gasteiger partial charge in [0.25, 0.3) is 5.91 Å². The third kappa shape index (κ3) is 6.06. The van der Waals surface area contributed by atoms with Gasteiger partial charge in [0.2, 0.25) is 0 Å². The van der Waals surface area contributed by atoms with Crippen LogP contribution in [-0.2, 0) is 0 Å². The molecular formula is C29H34ClN3O3. The molecule has 1 atom stereocenters. The maximum Gasteiger partial charge on any atom is 0.251 e. The van der Waals surface area contributed by atoms with Gasteiger partial charge in [-0.3, -0.25) is 9.78 Å². The summed E-state index contributed by atoms with van der Waals surface area (Å²) in [5.74, 6) is 0.823. The molecule has 190 valence electrons. The molecule has 0 bridgehead atoms. The zero-order valence-electron chi connectivity index (χ0n) is 21.4. The Morgan fingerprint density at radius 2 is 1.75 bits per heavy atom. The number of ether oxygens (including phenoxy) is 1. The zero-order valence-corrected chi connectivity index (χ0v) is 22.2. The van der Waals surface area contributed by atoms with Crippen LogP contribution in [0.1, 0.15) is 69.5 Å². The first-order valence-corrected chi connectivity index (χ1v) is 12.6. The van der Waals surface area contributed by atoms with Crippen molar-refractivity contribution in [1.82, 2.24) is 15.6 Å². The summed E-state index contributed by atoms with van der Waals surface area (Å²) in [6, 6.07) is 14.4. The van der Waals surface area contributed by atoms with Crippen LogP contribution in [0, 0.1) is 0 Å². The molecule has 0 saturated carbocycles. The molecule has 1 aliphatic heterocycles. The van der Waals surface area contributed by atoms with E-state index in [0.717, 1.165) is 29.5 Å². The van der Waals surface area contributed by atoms with Crippen molar-refractivity contribution in [2.75, 3.05) is 0 Å². The minimum Gasteiger partial charge on any atom is -0.455 e. The third-order valence-electron chi connectivity index (χ3n) is 6.42. The first-order valence-electron chi connectivity index (χ1n) is 12.2. The number of carbonyl (C=O) groups is 1. The summed E-state index contributed by atoms with van der Waals surface area (Å²) < 4.78 is 6.22. The second-order valence-corrected chi connectivity index (χ2v) is 11.3. The summed E-state index contributed by atoms with van der Waals surface area (Å²) in [7, 11) is 0. The van der Waals surface area contributed by atoms with Crippen LogP contribution in [0.4, 0.5) is 0 Å². The standard InChI is InChI=1S/C29H34ClN3O3/c1-18(34)22-7-6-8-25(26(22)19-11-13-31-14-12-19)36-24-10-9-20(15-23(24)30)27(35)32-21-16-28(2,3)33-29(4,5)17-21/h6-15,18,21,33-34H,16-17H2,1-5H3,(H,32,35). The lowest BCUT2D eigenvalue weighted by Gasteiger charge is -2.46. The molecule has 6 nitrogen and oxygen atoms in total. The predicted molar refractivity (Wildman–Crippen MR) is 144 cm³/mol. The second kappa shape index (κ2) is 10.2. The molecule has 1 saturated heterocycles. The fourth-order valence-electron chi connectivity index (χ4n) is 5.35. The van der Waals surface area contributed by atoms with Crippen molar-refractivity contribution in [1.29, 1.82) is 0 Å². The van der Waals surface area contributed by atoms with E-state index in [1.807, 2.05) is 30.3 Å². The molecule has 1 fully saturated rings. The maximum absolute atomic E-state index is 13.1. The molecule has 1 amide bonds. The van der Waals surface area contributed by atoms with E-state index in [4.69, 9.17) is 16.3 Å². The van der Waals surface area contributed by atoms with E-state index >= 15 is 0 Å². The average molecular weight is 508 g/mol. The van der Waals surface area contributed by atoms with Crippen LogP contribution in [0.15, 0.2) is 60.9 Å². The van der Waals surface area contributed by atoms with Crippen molar-refractivity contribution in [2.24, 2.45) is 0 Å². The fourth-order valence-corrected chi connectivity index (χ4v) is 5.56. The normalized spacial score (nSPS) is 17.9. The monoisotopic (exact) mass is 507 g/mol. The number of hydrogen-bond acceptors (Lipinski definition) is 5. The number of piperidine rings is 1. The number of aliphatic hydroxyl groups excluding tert-OH is 1. The fraction of sp³-hybridized carbons (Fsp3) is 0.379. The number of aliphatic hydroxyl groups is 1. The number of halogens is 1. The number of pyridine rings is 1. The molecule has 4 rings (SSSR count). The van der Waals surface area contributed by atoms with Crippen LogP contribution >= 0.6 is 11.6 Å². The number of carbonyl (C=O) groups excluding carboxylic acids is 1.